The Hall–Kier alpha value is -1.09. The molecule has 0 atom stereocenters. The SMILES string of the molecule is CCCOc1cncc(C2(O)C3CC4CC(C3)CC2C4)c1. The van der Waals surface area contributed by atoms with E-state index in [-0.39, 0.29) is 0 Å². The summed E-state index contributed by atoms with van der Waals surface area (Å²) < 4.78 is 5.71. The highest BCUT2D eigenvalue weighted by Gasteiger charge is 2.57. The van der Waals surface area contributed by atoms with Gasteiger partial charge in [-0.3, -0.25) is 4.98 Å². The summed E-state index contributed by atoms with van der Waals surface area (Å²) >= 11 is 0. The minimum absolute atomic E-state index is 0.428. The highest BCUT2D eigenvalue weighted by atomic mass is 16.5. The van der Waals surface area contributed by atoms with Gasteiger partial charge in [0.05, 0.1) is 18.4 Å². The third-order valence-electron chi connectivity index (χ3n) is 6.03. The molecule has 1 aromatic rings. The minimum atomic E-state index is -0.661. The van der Waals surface area contributed by atoms with E-state index in [2.05, 4.69) is 11.9 Å². The van der Waals surface area contributed by atoms with Gasteiger partial charge in [0.2, 0.25) is 0 Å². The van der Waals surface area contributed by atoms with Crippen LogP contribution >= 0.6 is 0 Å². The van der Waals surface area contributed by atoms with Crippen molar-refractivity contribution in [3.05, 3.63) is 24.0 Å². The quantitative estimate of drug-likeness (QED) is 0.921. The average Bonchev–Trinajstić information content (AvgIpc) is 2.50. The predicted octanol–water partition coefficient (Wildman–Crippen LogP) is 3.51. The van der Waals surface area contributed by atoms with Crippen LogP contribution in [0.2, 0.25) is 0 Å². The monoisotopic (exact) mass is 287 g/mol. The maximum Gasteiger partial charge on any atom is 0.137 e. The molecular weight excluding hydrogens is 262 g/mol. The molecule has 1 aromatic heterocycles. The van der Waals surface area contributed by atoms with Crippen LogP contribution in [-0.2, 0) is 5.60 Å². The Bertz CT molecular complexity index is 500. The van der Waals surface area contributed by atoms with Gasteiger partial charge in [-0.05, 0) is 68.3 Å². The van der Waals surface area contributed by atoms with Crippen molar-refractivity contribution in [1.29, 1.82) is 0 Å². The lowest BCUT2D eigenvalue weighted by Gasteiger charge is -2.59. The van der Waals surface area contributed by atoms with Crippen molar-refractivity contribution in [2.45, 2.75) is 51.0 Å². The van der Waals surface area contributed by atoms with E-state index in [4.69, 9.17) is 4.74 Å². The summed E-state index contributed by atoms with van der Waals surface area (Å²) in [6.45, 7) is 2.81. The molecule has 0 unspecified atom stereocenters. The molecule has 4 aliphatic carbocycles. The lowest BCUT2D eigenvalue weighted by atomic mass is 9.48. The van der Waals surface area contributed by atoms with Crippen molar-refractivity contribution in [3.8, 4) is 5.75 Å². The molecule has 0 saturated heterocycles. The minimum Gasteiger partial charge on any atom is -0.492 e. The van der Waals surface area contributed by atoms with E-state index in [0.29, 0.717) is 18.4 Å². The zero-order valence-corrected chi connectivity index (χ0v) is 12.8. The first kappa shape index (κ1) is 13.6. The van der Waals surface area contributed by atoms with Crippen molar-refractivity contribution in [1.82, 2.24) is 4.98 Å². The fraction of sp³-hybridized carbons (Fsp3) is 0.722. The molecule has 0 radical (unpaired) electrons. The average molecular weight is 287 g/mol. The van der Waals surface area contributed by atoms with Gasteiger partial charge in [-0.15, -0.1) is 0 Å². The summed E-state index contributed by atoms with van der Waals surface area (Å²) in [7, 11) is 0. The van der Waals surface area contributed by atoms with Crippen LogP contribution in [0.3, 0.4) is 0 Å². The largest absolute Gasteiger partial charge is 0.492 e. The normalized spacial score (nSPS) is 40.5. The molecule has 4 aliphatic rings. The summed E-state index contributed by atoms with van der Waals surface area (Å²) in [6, 6.07) is 2.03. The Morgan fingerprint density at radius 2 is 1.81 bits per heavy atom. The van der Waals surface area contributed by atoms with E-state index in [1.54, 1.807) is 6.20 Å². The molecule has 3 heteroatoms. The third-order valence-corrected chi connectivity index (χ3v) is 6.03. The van der Waals surface area contributed by atoms with E-state index in [9.17, 15) is 5.11 Å². The fourth-order valence-electron chi connectivity index (χ4n) is 5.31. The van der Waals surface area contributed by atoms with Gasteiger partial charge in [0.1, 0.15) is 5.75 Å². The van der Waals surface area contributed by atoms with Crippen LogP contribution in [0.15, 0.2) is 18.5 Å². The zero-order chi connectivity index (χ0) is 14.4. The second-order valence-electron chi connectivity index (χ2n) is 7.39. The number of aliphatic hydroxyl groups is 1. The van der Waals surface area contributed by atoms with Gasteiger partial charge >= 0.3 is 0 Å². The summed E-state index contributed by atoms with van der Waals surface area (Å²) in [5.74, 6) is 3.38. The number of pyridine rings is 1. The molecule has 4 fully saturated rings. The van der Waals surface area contributed by atoms with Gasteiger partial charge in [0.15, 0.2) is 0 Å². The van der Waals surface area contributed by atoms with Crippen LogP contribution in [0.4, 0.5) is 0 Å². The Morgan fingerprint density at radius 1 is 1.14 bits per heavy atom. The Balaban J connectivity index is 1.65. The van der Waals surface area contributed by atoms with E-state index < -0.39 is 5.60 Å². The number of hydrogen-bond donors (Lipinski definition) is 1. The molecule has 3 nitrogen and oxygen atoms in total. The Labute approximate surface area is 126 Å². The van der Waals surface area contributed by atoms with Gasteiger partial charge in [-0.2, -0.15) is 0 Å². The molecule has 0 amide bonds. The molecule has 0 spiro atoms. The third kappa shape index (κ3) is 2.09. The van der Waals surface area contributed by atoms with Crippen LogP contribution in [0.5, 0.6) is 5.75 Å². The van der Waals surface area contributed by atoms with Crippen LogP contribution in [-0.4, -0.2) is 16.7 Å². The molecule has 4 bridgehead atoms. The topological polar surface area (TPSA) is 42.4 Å². The Morgan fingerprint density at radius 3 is 2.43 bits per heavy atom. The zero-order valence-electron chi connectivity index (χ0n) is 12.8. The highest BCUT2D eigenvalue weighted by molar-refractivity contribution is 5.31. The Kier molecular flexibility index (Phi) is 3.21. The second kappa shape index (κ2) is 4.98. The maximum atomic E-state index is 11.5. The maximum absolute atomic E-state index is 11.5. The summed E-state index contributed by atoms with van der Waals surface area (Å²) in [5, 5.41) is 11.5. The van der Waals surface area contributed by atoms with Crippen LogP contribution in [0.1, 0.15) is 51.0 Å². The first-order valence-electron chi connectivity index (χ1n) is 8.50. The van der Waals surface area contributed by atoms with Gasteiger partial charge in [-0.25, -0.2) is 0 Å². The van der Waals surface area contributed by atoms with Gasteiger partial charge in [-0.1, -0.05) is 6.92 Å². The second-order valence-corrected chi connectivity index (χ2v) is 7.39. The number of hydrogen-bond acceptors (Lipinski definition) is 3. The molecule has 4 saturated carbocycles. The highest BCUT2D eigenvalue weighted by Crippen LogP contribution is 2.61. The summed E-state index contributed by atoms with van der Waals surface area (Å²) in [4.78, 5) is 4.33. The molecule has 1 heterocycles. The van der Waals surface area contributed by atoms with Crippen molar-refractivity contribution >= 4 is 0 Å². The smallest absolute Gasteiger partial charge is 0.137 e. The fourth-order valence-corrected chi connectivity index (χ4v) is 5.31. The van der Waals surface area contributed by atoms with Crippen molar-refractivity contribution in [2.24, 2.45) is 23.7 Å². The molecule has 21 heavy (non-hydrogen) atoms. The van der Waals surface area contributed by atoms with Crippen molar-refractivity contribution in [2.75, 3.05) is 6.61 Å². The number of aromatic nitrogens is 1. The molecule has 114 valence electrons. The van der Waals surface area contributed by atoms with E-state index in [0.717, 1.165) is 29.6 Å². The van der Waals surface area contributed by atoms with Gasteiger partial charge < -0.3 is 9.84 Å². The van der Waals surface area contributed by atoms with Crippen LogP contribution in [0.25, 0.3) is 0 Å². The van der Waals surface area contributed by atoms with E-state index in [1.807, 2.05) is 12.3 Å². The lowest BCUT2D eigenvalue weighted by molar-refractivity contribution is -0.179. The lowest BCUT2D eigenvalue weighted by Crippen LogP contribution is -2.55. The first-order valence-corrected chi connectivity index (χ1v) is 8.50. The van der Waals surface area contributed by atoms with Crippen LogP contribution in [0, 0.1) is 23.7 Å². The van der Waals surface area contributed by atoms with Crippen molar-refractivity contribution < 1.29 is 9.84 Å². The molecule has 0 aromatic carbocycles. The van der Waals surface area contributed by atoms with Gasteiger partial charge in [0, 0.05) is 11.8 Å². The first-order chi connectivity index (χ1) is 10.2. The number of ether oxygens (including phenoxy) is 1. The van der Waals surface area contributed by atoms with Crippen LogP contribution < -0.4 is 4.74 Å². The summed E-state index contributed by atoms with van der Waals surface area (Å²) in [6.07, 6.45) is 10.8. The molecular formula is C18H25NO2. The van der Waals surface area contributed by atoms with Gasteiger partial charge in [0.25, 0.3) is 0 Å². The van der Waals surface area contributed by atoms with E-state index >= 15 is 0 Å². The van der Waals surface area contributed by atoms with Crippen molar-refractivity contribution in [3.63, 3.8) is 0 Å². The standard InChI is InChI=1S/C18H25NO2/c1-2-3-21-17-9-16(10-19-11-17)18(20)14-5-12-4-13(7-14)8-15(18)6-12/h9-15,20H,2-8H2,1H3. The number of nitrogens with zero attached hydrogens (tertiary/aromatic N) is 1. The molecule has 5 rings (SSSR count). The van der Waals surface area contributed by atoms with E-state index in [1.165, 1.54) is 32.1 Å². The molecule has 1 N–H and O–H groups in total. The molecule has 0 aliphatic heterocycles. The number of rotatable bonds is 4. The summed E-state index contributed by atoms with van der Waals surface area (Å²) in [5.41, 5.74) is 0.330. The predicted molar refractivity (Wildman–Crippen MR) is 81.0 cm³/mol.